The van der Waals surface area contributed by atoms with Crippen molar-refractivity contribution in [2.45, 2.75) is 38.6 Å². The molecule has 5 heteroatoms. The summed E-state index contributed by atoms with van der Waals surface area (Å²) in [5.74, 6) is -0.232. The molecule has 0 spiro atoms. The highest BCUT2D eigenvalue weighted by Gasteiger charge is 2.40. The van der Waals surface area contributed by atoms with Gasteiger partial charge >= 0.3 is 0 Å². The van der Waals surface area contributed by atoms with Crippen LogP contribution >= 0.6 is 0 Å². The molecule has 1 aliphatic carbocycles. The monoisotopic (exact) mass is 275 g/mol. The molecule has 0 aliphatic heterocycles. The van der Waals surface area contributed by atoms with Crippen LogP contribution in [0.1, 0.15) is 33.1 Å². The first-order valence-electron chi connectivity index (χ1n) is 6.92. The van der Waals surface area contributed by atoms with E-state index in [1.807, 2.05) is 13.8 Å². The second-order valence-electron chi connectivity index (χ2n) is 5.69. The predicted octanol–water partition coefficient (Wildman–Crippen LogP) is 2.10. The molecule has 2 rings (SSSR count). The molecule has 2 amide bonds. The normalized spacial score (nSPS) is 16.4. The van der Waals surface area contributed by atoms with Crippen LogP contribution in [0.2, 0.25) is 0 Å². The quantitative estimate of drug-likeness (QED) is 0.786. The average Bonchev–Trinajstić information content (AvgIpc) is 2.38. The molecule has 1 aliphatic rings. The number of anilines is 2. The third-order valence-electron chi connectivity index (χ3n) is 3.63. The van der Waals surface area contributed by atoms with Crippen LogP contribution in [0.15, 0.2) is 24.3 Å². The Morgan fingerprint density at radius 3 is 2.00 bits per heavy atom. The molecule has 1 aromatic rings. The van der Waals surface area contributed by atoms with E-state index in [1.165, 1.54) is 0 Å². The van der Waals surface area contributed by atoms with Crippen molar-refractivity contribution >= 4 is 23.2 Å². The van der Waals surface area contributed by atoms with Gasteiger partial charge in [-0.3, -0.25) is 9.59 Å². The van der Waals surface area contributed by atoms with Crippen LogP contribution < -0.4 is 16.4 Å². The summed E-state index contributed by atoms with van der Waals surface area (Å²) in [5.41, 5.74) is 6.66. The third-order valence-corrected chi connectivity index (χ3v) is 3.63. The van der Waals surface area contributed by atoms with E-state index in [9.17, 15) is 9.59 Å². The Bertz CT molecular complexity index is 504. The Morgan fingerprint density at radius 2 is 1.60 bits per heavy atom. The molecule has 0 aromatic heterocycles. The predicted molar refractivity (Wildman–Crippen MR) is 79.3 cm³/mol. The van der Waals surface area contributed by atoms with Crippen LogP contribution in [-0.4, -0.2) is 17.4 Å². The van der Waals surface area contributed by atoms with E-state index in [4.69, 9.17) is 5.73 Å². The molecule has 1 saturated carbocycles. The van der Waals surface area contributed by atoms with E-state index < -0.39 is 5.54 Å². The van der Waals surface area contributed by atoms with Crippen LogP contribution in [0.3, 0.4) is 0 Å². The van der Waals surface area contributed by atoms with E-state index >= 15 is 0 Å². The fourth-order valence-electron chi connectivity index (χ4n) is 1.96. The van der Waals surface area contributed by atoms with Gasteiger partial charge in [-0.1, -0.05) is 13.8 Å². The lowest BCUT2D eigenvalue weighted by Crippen LogP contribution is -2.56. The fraction of sp³-hybridized carbons (Fsp3) is 0.467. The lowest BCUT2D eigenvalue weighted by Gasteiger charge is -2.36. The lowest BCUT2D eigenvalue weighted by atomic mass is 9.77. The van der Waals surface area contributed by atoms with Crippen LogP contribution in [0.4, 0.5) is 11.4 Å². The van der Waals surface area contributed by atoms with Gasteiger partial charge in [-0.2, -0.15) is 0 Å². The molecule has 108 valence electrons. The first-order valence-corrected chi connectivity index (χ1v) is 6.92. The maximum atomic E-state index is 12.0. The summed E-state index contributed by atoms with van der Waals surface area (Å²) >= 11 is 0. The molecular weight excluding hydrogens is 254 g/mol. The van der Waals surface area contributed by atoms with Gasteiger partial charge in [-0.15, -0.1) is 0 Å². The number of nitrogens with one attached hydrogen (secondary N) is 2. The average molecular weight is 275 g/mol. The molecule has 0 bridgehead atoms. The number of amides is 2. The summed E-state index contributed by atoms with van der Waals surface area (Å²) in [4.78, 5) is 23.5. The van der Waals surface area contributed by atoms with E-state index in [2.05, 4.69) is 10.6 Å². The second-order valence-corrected chi connectivity index (χ2v) is 5.69. The van der Waals surface area contributed by atoms with E-state index in [0.717, 1.165) is 19.3 Å². The van der Waals surface area contributed by atoms with Crippen molar-refractivity contribution in [2.75, 3.05) is 10.6 Å². The van der Waals surface area contributed by atoms with Crippen LogP contribution in [-0.2, 0) is 9.59 Å². The summed E-state index contributed by atoms with van der Waals surface area (Å²) in [6.07, 6.45) is 2.48. The van der Waals surface area contributed by atoms with Gasteiger partial charge in [0.05, 0.1) is 5.54 Å². The molecule has 0 saturated heterocycles. The van der Waals surface area contributed by atoms with Crippen molar-refractivity contribution in [2.24, 2.45) is 11.7 Å². The summed E-state index contributed by atoms with van der Waals surface area (Å²) in [7, 11) is 0. The number of benzene rings is 1. The maximum absolute atomic E-state index is 12.0. The van der Waals surface area contributed by atoms with Crippen LogP contribution in [0, 0.1) is 5.92 Å². The Morgan fingerprint density at radius 1 is 1.10 bits per heavy atom. The van der Waals surface area contributed by atoms with Crippen molar-refractivity contribution in [3.8, 4) is 0 Å². The minimum Gasteiger partial charge on any atom is -0.326 e. The molecule has 1 fully saturated rings. The Balaban J connectivity index is 1.94. The first kappa shape index (κ1) is 14.5. The van der Waals surface area contributed by atoms with Crippen molar-refractivity contribution in [3.63, 3.8) is 0 Å². The molecule has 1 aromatic carbocycles. The Hall–Kier alpha value is -1.88. The number of nitrogens with two attached hydrogens (primary N) is 1. The minimum atomic E-state index is -0.704. The second kappa shape index (κ2) is 5.63. The van der Waals surface area contributed by atoms with Crippen LogP contribution in [0.5, 0.6) is 0 Å². The summed E-state index contributed by atoms with van der Waals surface area (Å²) in [6.45, 7) is 3.67. The Kier molecular flexibility index (Phi) is 4.09. The molecule has 20 heavy (non-hydrogen) atoms. The minimum absolute atomic E-state index is 0.0304. The summed E-state index contributed by atoms with van der Waals surface area (Å²) in [5, 5.41) is 5.61. The number of hydrogen-bond donors (Lipinski definition) is 3. The number of rotatable bonds is 4. The van der Waals surface area contributed by atoms with Gasteiger partial charge in [0.25, 0.3) is 0 Å². The van der Waals surface area contributed by atoms with Gasteiger partial charge in [0.15, 0.2) is 0 Å². The molecular formula is C15H21N3O2. The van der Waals surface area contributed by atoms with Crippen molar-refractivity contribution in [3.05, 3.63) is 24.3 Å². The van der Waals surface area contributed by atoms with E-state index in [1.54, 1.807) is 24.3 Å². The van der Waals surface area contributed by atoms with E-state index in [-0.39, 0.29) is 17.7 Å². The molecule has 0 radical (unpaired) electrons. The number of carbonyl (C=O) groups excluding carboxylic acids is 2. The summed E-state index contributed by atoms with van der Waals surface area (Å²) in [6, 6.07) is 7.05. The van der Waals surface area contributed by atoms with E-state index in [0.29, 0.717) is 11.4 Å². The first-order chi connectivity index (χ1) is 9.40. The third kappa shape index (κ3) is 3.17. The number of hydrogen-bond acceptors (Lipinski definition) is 3. The fourth-order valence-corrected chi connectivity index (χ4v) is 1.96. The smallest absolute Gasteiger partial charge is 0.244 e. The molecule has 0 heterocycles. The van der Waals surface area contributed by atoms with Gasteiger partial charge in [-0.05, 0) is 43.5 Å². The summed E-state index contributed by atoms with van der Waals surface area (Å²) < 4.78 is 0. The largest absolute Gasteiger partial charge is 0.326 e. The lowest BCUT2D eigenvalue weighted by molar-refractivity contribution is -0.124. The maximum Gasteiger partial charge on any atom is 0.244 e. The van der Waals surface area contributed by atoms with Crippen LogP contribution in [0.25, 0.3) is 0 Å². The number of carbonyl (C=O) groups is 2. The van der Waals surface area contributed by atoms with Gasteiger partial charge < -0.3 is 16.4 Å². The zero-order valence-electron chi connectivity index (χ0n) is 11.9. The van der Waals surface area contributed by atoms with Crippen molar-refractivity contribution in [1.82, 2.24) is 0 Å². The molecule has 4 N–H and O–H groups in total. The highest BCUT2D eigenvalue weighted by atomic mass is 16.2. The standard InChI is InChI=1S/C15H21N3O2/c1-10(2)13(19)17-11-4-6-12(7-5-11)18-14(20)15(16)8-3-9-15/h4-7,10H,3,8-9,16H2,1-2H3,(H,17,19)(H,18,20). The van der Waals surface area contributed by atoms with Gasteiger partial charge in [0.2, 0.25) is 11.8 Å². The zero-order valence-corrected chi connectivity index (χ0v) is 11.9. The highest BCUT2D eigenvalue weighted by molar-refractivity contribution is 5.99. The Labute approximate surface area is 118 Å². The highest BCUT2D eigenvalue weighted by Crippen LogP contribution is 2.30. The van der Waals surface area contributed by atoms with Gasteiger partial charge in [-0.25, -0.2) is 0 Å². The molecule has 5 nitrogen and oxygen atoms in total. The van der Waals surface area contributed by atoms with Gasteiger partial charge in [0.1, 0.15) is 0 Å². The molecule has 0 atom stereocenters. The van der Waals surface area contributed by atoms with Crippen molar-refractivity contribution in [1.29, 1.82) is 0 Å². The molecule has 0 unspecified atom stereocenters. The van der Waals surface area contributed by atoms with Crippen molar-refractivity contribution < 1.29 is 9.59 Å². The van der Waals surface area contributed by atoms with Gasteiger partial charge in [0, 0.05) is 17.3 Å². The SMILES string of the molecule is CC(C)C(=O)Nc1ccc(NC(=O)C2(N)CCC2)cc1. The zero-order chi connectivity index (χ0) is 14.8. The topological polar surface area (TPSA) is 84.2 Å².